The zero-order chi connectivity index (χ0) is 11.4. The van der Waals surface area contributed by atoms with Gasteiger partial charge in [-0.15, -0.1) is 11.3 Å². The van der Waals surface area contributed by atoms with E-state index in [1.807, 2.05) is 0 Å². The highest BCUT2D eigenvalue weighted by atomic mass is 32.2. The van der Waals surface area contributed by atoms with Crippen LogP contribution in [0.15, 0.2) is 26.7 Å². The average molecular weight is 256 g/mol. The van der Waals surface area contributed by atoms with E-state index in [0.29, 0.717) is 5.69 Å². The first-order valence-corrected chi connectivity index (χ1v) is 6.28. The molecule has 2 aromatic heterocycles. The number of thiazole rings is 1. The highest BCUT2D eigenvalue weighted by Crippen LogP contribution is 2.26. The SMILES string of the molecule is O=C(O)Cc1csc(SCc2cnoc2)n1. The van der Waals surface area contributed by atoms with Crippen molar-refractivity contribution in [3.63, 3.8) is 0 Å². The fourth-order valence-corrected chi connectivity index (χ4v) is 2.78. The van der Waals surface area contributed by atoms with E-state index in [2.05, 4.69) is 10.1 Å². The van der Waals surface area contributed by atoms with Gasteiger partial charge in [0, 0.05) is 16.7 Å². The van der Waals surface area contributed by atoms with Crippen molar-refractivity contribution in [2.24, 2.45) is 0 Å². The topological polar surface area (TPSA) is 76.2 Å². The Balaban J connectivity index is 1.90. The lowest BCUT2D eigenvalue weighted by atomic mass is 10.3. The second kappa shape index (κ2) is 5.13. The lowest BCUT2D eigenvalue weighted by Gasteiger charge is -1.92. The molecule has 0 saturated carbocycles. The Morgan fingerprint density at radius 1 is 1.62 bits per heavy atom. The average Bonchev–Trinajstić information content (AvgIpc) is 2.84. The minimum Gasteiger partial charge on any atom is -0.481 e. The summed E-state index contributed by atoms with van der Waals surface area (Å²) in [5, 5.41) is 14.0. The zero-order valence-corrected chi connectivity index (χ0v) is 9.75. The molecule has 84 valence electrons. The van der Waals surface area contributed by atoms with Crippen molar-refractivity contribution in [2.45, 2.75) is 16.5 Å². The van der Waals surface area contributed by atoms with Crippen molar-refractivity contribution in [2.75, 3.05) is 0 Å². The van der Waals surface area contributed by atoms with Crippen molar-refractivity contribution < 1.29 is 14.4 Å². The zero-order valence-electron chi connectivity index (χ0n) is 8.12. The van der Waals surface area contributed by atoms with Gasteiger partial charge >= 0.3 is 5.97 Å². The molecular formula is C9H8N2O3S2. The van der Waals surface area contributed by atoms with Gasteiger partial charge < -0.3 is 9.63 Å². The van der Waals surface area contributed by atoms with Gasteiger partial charge in [-0.2, -0.15) is 0 Å². The predicted octanol–water partition coefficient (Wildman–Crippen LogP) is 2.05. The van der Waals surface area contributed by atoms with Crippen molar-refractivity contribution in [1.82, 2.24) is 10.1 Å². The number of aromatic nitrogens is 2. The van der Waals surface area contributed by atoms with E-state index in [1.165, 1.54) is 11.3 Å². The highest BCUT2D eigenvalue weighted by Gasteiger charge is 2.07. The first kappa shape index (κ1) is 11.2. The van der Waals surface area contributed by atoms with Crippen molar-refractivity contribution in [1.29, 1.82) is 0 Å². The number of carbonyl (C=O) groups is 1. The van der Waals surface area contributed by atoms with Gasteiger partial charge in [-0.3, -0.25) is 4.79 Å². The molecule has 0 aliphatic carbocycles. The molecule has 0 radical (unpaired) electrons. The van der Waals surface area contributed by atoms with Crippen LogP contribution in [-0.4, -0.2) is 21.2 Å². The third-order valence-electron chi connectivity index (χ3n) is 1.71. The van der Waals surface area contributed by atoms with Crippen molar-refractivity contribution in [3.8, 4) is 0 Å². The molecule has 1 N–H and O–H groups in total. The van der Waals surface area contributed by atoms with E-state index in [9.17, 15) is 4.79 Å². The maximum absolute atomic E-state index is 10.5. The summed E-state index contributed by atoms with van der Waals surface area (Å²) in [4.78, 5) is 14.7. The number of thioether (sulfide) groups is 1. The molecule has 7 heteroatoms. The Labute approximate surface area is 99.5 Å². The Bertz CT molecular complexity index is 467. The molecule has 0 unspecified atom stereocenters. The summed E-state index contributed by atoms with van der Waals surface area (Å²) in [6, 6.07) is 0. The van der Waals surface area contributed by atoms with Gasteiger partial charge in [0.25, 0.3) is 0 Å². The Hall–Kier alpha value is -1.34. The molecule has 0 atom stereocenters. The molecule has 2 heterocycles. The lowest BCUT2D eigenvalue weighted by Crippen LogP contribution is -1.99. The van der Waals surface area contributed by atoms with E-state index in [4.69, 9.17) is 9.63 Å². The maximum Gasteiger partial charge on any atom is 0.309 e. The summed E-state index contributed by atoms with van der Waals surface area (Å²) in [6.45, 7) is 0. The van der Waals surface area contributed by atoms with Gasteiger partial charge in [0.05, 0.1) is 18.3 Å². The molecule has 0 amide bonds. The molecule has 5 nitrogen and oxygen atoms in total. The predicted molar refractivity (Wildman–Crippen MR) is 59.5 cm³/mol. The van der Waals surface area contributed by atoms with E-state index >= 15 is 0 Å². The minimum atomic E-state index is -0.860. The molecular weight excluding hydrogens is 248 g/mol. The van der Waals surface area contributed by atoms with Crippen LogP contribution in [0.4, 0.5) is 0 Å². The summed E-state index contributed by atoms with van der Waals surface area (Å²) < 4.78 is 5.56. The highest BCUT2D eigenvalue weighted by molar-refractivity contribution is 8.00. The second-order valence-electron chi connectivity index (χ2n) is 3.00. The number of rotatable bonds is 5. The molecule has 0 spiro atoms. The molecule has 0 aromatic carbocycles. The van der Waals surface area contributed by atoms with Gasteiger partial charge in [0.1, 0.15) is 10.6 Å². The third-order valence-corrected chi connectivity index (χ3v) is 3.85. The number of aliphatic carboxylic acids is 1. The first-order valence-electron chi connectivity index (χ1n) is 4.41. The van der Waals surface area contributed by atoms with Gasteiger partial charge in [0.15, 0.2) is 0 Å². The van der Waals surface area contributed by atoms with Crippen LogP contribution in [0.2, 0.25) is 0 Å². The van der Waals surface area contributed by atoms with Crippen molar-refractivity contribution in [3.05, 3.63) is 29.1 Å². The van der Waals surface area contributed by atoms with E-state index in [0.717, 1.165) is 15.7 Å². The van der Waals surface area contributed by atoms with Gasteiger partial charge in [-0.25, -0.2) is 4.98 Å². The number of carboxylic acids is 1. The minimum absolute atomic E-state index is 0.0235. The standard InChI is InChI=1S/C9H8N2O3S2/c12-8(13)1-7-5-16-9(11-7)15-4-6-2-10-14-3-6/h2-3,5H,1,4H2,(H,12,13). The molecule has 0 bridgehead atoms. The molecule has 16 heavy (non-hydrogen) atoms. The molecule has 0 saturated heterocycles. The smallest absolute Gasteiger partial charge is 0.309 e. The second-order valence-corrected chi connectivity index (χ2v) is 5.08. The van der Waals surface area contributed by atoms with Crippen LogP contribution >= 0.6 is 23.1 Å². The van der Waals surface area contributed by atoms with Crippen LogP contribution in [0.3, 0.4) is 0 Å². The molecule has 0 aliphatic heterocycles. The molecule has 0 fully saturated rings. The quantitative estimate of drug-likeness (QED) is 0.825. The van der Waals surface area contributed by atoms with Crippen LogP contribution in [-0.2, 0) is 17.0 Å². The molecule has 2 aromatic rings. The monoisotopic (exact) mass is 256 g/mol. The maximum atomic E-state index is 10.5. The Kier molecular flexibility index (Phi) is 3.58. The normalized spacial score (nSPS) is 10.5. The first-order chi connectivity index (χ1) is 7.74. The van der Waals surface area contributed by atoms with Crippen LogP contribution in [0.1, 0.15) is 11.3 Å². The van der Waals surface area contributed by atoms with Crippen molar-refractivity contribution >= 4 is 29.1 Å². The van der Waals surface area contributed by atoms with Crippen LogP contribution in [0.5, 0.6) is 0 Å². The van der Waals surface area contributed by atoms with Crippen LogP contribution < -0.4 is 0 Å². The number of hydrogen-bond donors (Lipinski definition) is 1. The summed E-state index contributed by atoms with van der Waals surface area (Å²) in [5.74, 6) is -0.135. The summed E-state index contributed by atoms with van der Waals surface area (Å²) in [7, 11) is 0. The summed E-state index contributed by atoms with van der Waals surface area (Å²) >= 11 is 2.99. The Morgan fingerprint density at radius 2 is 2.50 bits per heavy atom. The number of nitrogens with zero attached hydrogens (tertiary/aromatic N) is 2. The fourth-order valence-electron chi connectivity index (χ4n) is 1.03. The Morgan fingerprint density at radius 3 is 3.19 bits per heavy atom. The van der Waals surface area contributed by atoms with E-state index < -0.39 is 5.97 Å². The summed E-state index contributed by atoms with van der Waals surface area (Å²) in [5.41, 5.74) is 1.59. The number of hydrogen-bond acceptors (Lipinski definition) is 6. The van der Waals surface area contributed by atoms with E-state index in [-0.39, 0.29) is 6.42 Å². The van der Waals surface area contributed by atoms with Gasteiger partial charge in [0.2, 0.25) is 0 Å². The van der Waals surface area contributed by atoms with E-state index in [1.54, 1.807) is 29.6 Å². The fraction of sp³-hybridized carbons (Fsp3) is 0.222. The van der Waals surface area contributed by atoms with Gasteiger partial charge in [-0.05, 0) is 0 Å². The number of carboxylic acid groups (broad SMARTS) is 1. The van der Waals surface area contributed by atoms with Crippen LogP contribution in [0.25, 0.3) is 0 Å². The van der Waals surface area contributed by atoms with Crippen LogP contribution in [0, 0.1) is 0 Å². The summed E-state index contributed by atoms with van der Waals surface area (Å²) in [6.07, 6.45) is 3.21. The third kappa shape index (κ3) is 3.07. The molecule has 2 rings (SSSR count). The van der Waals surface area contributed by atoms with Gasteiger partial charge in [-0.1, -0.05) is 16.9 Å². The molecule has 0 aliphatic rings. The largest absolute Gasteiger partial charge is 0.481 e. The lowest BCUT2D eigenvalue weighted by molar-refractivity contribution is -0.136.